The van der Waals surface area contributed by atoms with Crippen molar-refractivity contribution in [3.05, 3.63) is 59.8 Å². The first kappa shape index (κ1) is 11.7. The Bertz CT molecular complexity index is 723. The molecule has 3 rings (SSSR count). The summed E-state index contributed by atoms with van der Waals surface area (Å²) in [5.41, 5.74) is 5.35. The molecule has 2 heteroatoms. The van der Waals surface area contributed by atoms with Crippen molar-refractivity contribution >= 4 is 17.2 Å². The zero-order chi connectivity index (χ0) is 13.2. The summed E-state index contributed by atoms with van der Waals surface area (Å²) in [4.78, 5) is 14.1. The van der Waals surface area contributed by atoms with Gasteiger partial charge in [-0.1, -0.05) is 37.3 Å². The third kappa shape index (κ3) is 2.06. The van der Waals surface area contributed by atoms with Gasteiger partial charge in [-0.15, -0.1) is 0 Å². The minimum Gasteiger partial charge on any atom is -0.360 e. The van der Waals surface area contributed by atoms with E-state index in [2.05, 4.69) is 48.3 Å². The number of carbonyl (C=O) groups excluding carboxylic acids is 1. The van der Waals surface area contributed by atoms with E-state index in [0.717, 1.165) is 29.2 Å². The molecule has 0 aliphatic heterocycles. The summed E-state index contributed by atoms with van der Waals surface area (Å²) in [6.07, 6.45) is 3.69. The van der Waals surface area contributed by atoms with Crippen LogP contribution in [0.2, 0.25) is 0 Å². The van der Waals surface area contributed by atoms with Gasteiger partial charge in [0.2, 0.25) is 0 Å². The molecule has 0 aliphatic rings. The van der Waals surface area contributed by atoms with Crippen LogP contribution in [-0.4, -0.2) is 11.3 Å². The third-order valence-corrected chi connectivity index (χ3v) is 3.54. The van der Waals surface area contributed by atoms with Gasteiger partial charge >= 0.3 is 0 Å². The molecule has 1 N–H and O–H groups in total. The third-order valence-electron chi connectivity index (χ3n) is 3.54. The van der Waals surface area contributed by atoms with E-state index in [1.54, 1.807) is 6.20 Å². The summed E-state index contributed by atoms with van der Waals surface area (Å²) < 4.78 is 0. The van der Waals surface area contributed by atoms with Crippen molar-refractivity contribution in [3.8, 4) is 11.1 Å². The maximum atomic E-state index is 11.0. The molecule has 0 saturated heterocycles. The molecule has 2 nitrogen and oxygen atoms in total. The highest BCUT2D eigenvalue weighted by Crippen LogP contribution is 2.26. The van der Waals surface area contributed by atoms with E-state index < -0.39 is 0 Å². The molecule has 0 saturated carbocycles. The van der Waals surface area contributed by atoms with Gasteiger partial charge in [-0.3, -0.25) is 4.79 Å². The van der Waals surface area contributed by atoms with Gasteiger partial charge < -0.3 is 4.98 Å². The molecular formula is C17H15NO. The average Bonchev–Trinajstić information content (AvgIpc) is 2.89. The lowest BCUT2D eigenvalue weighted by Crippen LogP contribution is -1.82. The second-order valence-electron chi connectivity index (χ2n) is 4.67. The zero-order valence-electron chi connectivity index (χ0n) is 10.8. The van der Waals surface area contributed by atoms with Crippen molar-refractivity contribution in [3.63, 3.8) is 0 Å². The van der Waals surface area contributed by atoms with Crippen LogP contribution in [0.15, 0.2) is 48.7 Å². The average molecular weight is 249 g/mol. The SMILES string of the molecule is CCc1ccc(-c2ccc3[nH]cc(C=O)c3c2)cc1. The first-order valence-corrected chi connectivity index (χ1v) is 6.47. The van der Waals surface area contributed by atoms with Crippen molar-refractivity contribution in [1.82, 2.24) is 4.98 Å². The van der Waals surface area contributed by atoms with Crippen molar-refractivity contribution < 1.29 is 4.79 Å². The summed E-state index contributed by atoms with van der Waals surface area (Å²) in [7, 11) is 0. The van der Waals surface area contributed by atoms with Gasteiger partial charge in [-0.25, -0.2) is 0 Å². The number of hydrogen-bond acceptors (Lipinski definition) is 1. The number of fused-ring (bicyclic) bond motifs is 1. The van der Waals surface area contributed by atoms with E-state index in [1.807, 2.05) is 6.07 Å². The number of aromatic amines is 1. The monoisotopic (exact) mass is 249 g/mol. The molecule has 3 aromatic rings. The number of aldehydes is 1. The second-order valence-corrected chi connectivity index (χ2v) is 4.67. The summed E-state index contributed by atoms with van der Waals surface area (Å²) >= 11 is 0. The number of aromatic nitrogens is 1. The second kappa shape index (κ2) is 4.73. The minimum atomic E-state index is 0.710. The number of carbonyl (C=O) groups is 1. The van der Waals surface area contributed by atoms with E-state index in [0.29, 0.717) is 5.56 Å². The van der Waals surface area contributed by atoms with Gasteiger partial charge in [0.1, 0.15) is 0 Å². The molecule has 1 heterocycles. The predicted octanol–water partition coefficient (Wildman–Crippen LogP) is 4.21. The Hall–Kier alpha value is -2.35. The first-order valence-electron chi connectivity index (χ1n) is 6.47. The standard InChI is InChI=1S/C17H15NO/c1-2-12-3-5-13(6-4-12)14-7-8-17-16(9-14)15(11-19)10-18-17/h3-11,18H,2H2,1H3. The molecule has 19 heavy (non-hydrogen) atoms. The highest BCUT2D eigenvalue weighted by Gasteiger charge is 2.05. The molecule has 0 amide bonds. The van der Waals surface area contributed by atoms with Gasteiger partial charge in [0, 0.05) is 22.7 Å². The number of nitrogens with one attached hydrogen (secondary N) is 1. The van der Waals surface area contributed by atoms with Crippen LogP contribution >= 0.6 is 0 Å². The summed E-state index contributed by atoms with van der Waals surface area (Å²) in [6.45, 7) is 2.15. The van der Waals surface area contributed by atoms with Gasteiger partial charge in [0.05, 0.1) is 0 Å². The Balaban J connectivity index is 2.10. The van der Waals surface area contributed by atoms with Gasteiger partial charge in [-0.05, 0) is 35.2 Å². The number of aryl methyl sites for hydroxylation is 1. The van der Waals surface area contributed by atoms with Crippen LogP contribution in [-0.2, 0) is 6.42 Å². The maximum Gasteiger partial charge on any atom is 0.152 e. The molecule has 0 radical (unpaired) electrons. The topological polar surface area (TPSA) is 32.9 Å². The molecule has 0 spiro atoms. The number of hydrogen-bond donors (Lipinski definition) is 1. The number of rotatable bonds is 3. The van der Waals surface area contributed by atoms with Gasteiger partial charge in [-0.2, -0.15) is 0 Å². The van der Waals surface area contributed by atoms with Crippen molar-refractivity contribution in [2.75, 3.05) is 0 Å². The molecular weight excluding hydrogens is 234 g/mol. The van der Waals surface area contributed by atoms with E-state index in [-0.39, 0.29) is 0 Å². The van der Waals surface area contributed by atoms with Crippen LogP contribution in [0.5, 0.6) is 0 Å². The van der Waals surface area contributed by atoms with Crippen LogP contribution in [0.25, 0.3) is 22.0 Å². The van der Waals surface area contributed by atoms with E-state index in [1.165, 1.54) is 11.1 Å². The quantitative estimate of drug-likeness (QED) is 0.693. The fourth-order valence-corrected chi connectivity index (χ4v) is 2.35. The minimum absolute atomic E-state index is 0.710. The normalized spacial score (nSPS) is 10.8. The highest BCUT2D eigenvalue weighted by atomic mass is 16.1. The Morgan fingerprint density at radius 2 is 1.79 bits per heavy atom. The maximum absolute atomic E-state index is 11.0. The number of benzene rings is 2. The number of H-pyrrole nitrogens is 1. The van der Waals surface area contributed by atoms with Crippen molar-refractivity contribution in [1.29, 1.82) is 0 Å². The molecule has 0 bridgehead atoms. The van der Waals surface area contributed by atoms with Crippen molar-refractivity contribution in [2.45, 2.75) is 13.3 Å². The highest BCUT2D eigenvalue weighted by molar-refractivity contribution is 5.99. The molecule has 0 fully saturated rings. The lowest BCUT2D eigenvalue weighted by Gasteiger charge is -2.04. The van der Waals surface area contributed by atoms with E-state index in [9.17, 15) is 4.79 Å². The van der Waals surface area contributed by atoms with Crippen LogP contribution < -0.4 is 0 Å². The molecule has 2 aromatic carbocycles. The fraction of sp³-hybridized carbons (Fsp3) is 0.118. The molecule has 0 unspecified atom stereocenters. The summed E-state index contributed by atoms with van der Waals surface area (Å²) in [5.74, 6) is 0. The predicted molar refractivity (Wildman–Crippen MR) is 78.5 cm³/mol. The fourth-order valence-electron chi connectivity index (χ4n) is 2.35. The lowest BCUT2D eigenvalue weighted by molar-refractivity contribution is 0.112. The van der Waals surface area contributed by atoms with Gasteiger partial charge in [0.15, 0.2) is 6.29 Å². The summed E-state index contributed by atoms with van der Waals surface area (Å²) in [6, 6.07) is 14.7. The Morgan fingerprint density at radius 1 is 1.05 bits per heavy atom. The molecule has 0 atom stereocenters. The Kier molecular flexibility index (Phi) is 2.92. The van der Waals surface area contributed by atoms with Crippen LogP contribution in [0.3, 0.4) is 0 Å². The molecule has 0 aliphatic carbocycles. The van der Waals surface area contributed by atoms with E-state index in [4.69, 9.17) is 0 Å². The van der Waals surface area contributed by atoms with E-state index >= 15 is 0 Å². The molecule has 94 valence electrons. The van der Waals surface area contributed by atoms with Crippen LogP contribution in [0.1, 0.15) is 22.8 Å². The van der Waals surface area contributed by atoms with Gasteiger partial charge in [0.25, 0.3) is 0 Å². The Morgan fingerprint density at radius 3 is 2.47 bits per heavy atom. The first-order chi connectivity index (χ1) is 9.31. The zero-order valence-corrected chi connectivity index (χ0v) is 10.8. The smallest absolute Gasteiger partial charge is 0.152 e. The van der Waals surface area contributed by atoms with Crippen LogP contribution in [0, 0.1) is 0 Å². The van der Waals surface area contributed by atoms with Crippen molar-refractivity contribution in [2.24, 2.45) is 0 Å². The van der Waals surface area contributed by atoms with Crippen LogP contribution in [0.4, 0.5) is 0 Å². The Labute approximate surface area is 112 Å². The summed E-state index contributed by atoms with van der Waals surface area (Å²) in [5, 5.41) is 0.979. The molecule has 1 aromatic heterocycles. The lowest BCUT2D eigenvalue weighted by atomic mass is 10.0. The largest absolute Gasteiger partial charge is 0.360 e.